The molecule has 0 aliphatic rings. The molecule has 2 rings (SSSR count). The van der Waals surface area contributed by atoms with Gasteiger partial charge in [0.1, 0.15) is 0 Å². The molecule has 5 nitrogen and oxygen atoms in total. The predicted octanol–water partition coefficient (Wildman–Crippen LogP) is 2.26. The molecule has 0 radical (unpaired) electrons. The third-order valence-electron chi connectivity index (χ3n) is 2.48. The lowest BCUT2D eigenvalue weighted by Crippen LogP contribution is -2.24. The Morgan fingerprint density at radius 2 is 2.44 bits per heavy atom. The largest absolute Gasteiger partial charge is 0.459 e. The Kier molecular flexibility index (Phi) is 4.04. The first-order valence-electron chi connectivity index (χ1n) is 5.68. The monoisotopic (exact) mass is 267 g/mol. The van der Waals surface area contributed by atoms with Gasteiger partial charge in [-0.2, -0.15) is 5.10 Å². The maximum absolute atomic E-state index is 11.5. The van der Waals surface area contributed by atoms with E-state index in [9.17, 15) is 4.79 Å². The molecule has 1 N–H and O–H groups in total. The van der Waals surface area contributed by atoms with E-state index >= 15 is 0 Å². The summed E-state index contributed by atoms with van der Waals surface area (Å²) in [6, 6.07) is 3.31. The third-order valence-corrected chi connectivity index (χ3v) is 2.85. The number of amides is 1. The van der Waals surface area contributed by atoms with Gasteiger partial charge in [0.25, 0.3) is 5.91 Å². The number of nitrogens with one attached hydrogen (secondary N) is 1. The van der Waals surface area contributed by atoms with E-state index in [-0.39, 0.29) is 5.91 Å². The minimum atomic E-state index is -0.199. The van der Waals surface area contributed by atoms with Crippen molar-refractivity contribution in [2.45, 2.75) is 19.9 Å². The van der Waals surface area contributed by atoms with Crippen molar-refractivity contribution in [1.29, 1.82) is 0 Å². The normalized spacial score (nSPS) is 10.6. The summed E-state index contributed by atoms with van der Waals surface area (Å²) < 4.78 is 6.76. The van der Waals surface area contributed by atoms with Gasteiger partial charge < -0.3 is 9.73 Å². The van der Waals surface area contributed by atoms with E-state index in [0.717, 1.165) is 12.1 Å². The predicted molar refractivity (Wildman–Crippen MR) is 67.6 cm³/mol. The van der Waals surface area contributed by atoms with Gasteiger partial charge >= 0.3 is 0 Å². The first kappa shape index (κ1) is 12.7. The van der Waals surface area contributed by atoms with Gasteiger partial charge in [-0.05, 0) is 25.5 Å². The molecular formula is C12H14ClN3O2. The van der Waals surface area contributed by atoms with Gasteiger partial charge in [-0.1, -0.05) is 11.6 Å². The molecule has 0 bridgehead atoms. The van der Waals surface area contributed by atoms with Gasteiger partial charge in [-0.15, -0.1) is 0 Å². The Bertz CT molecular complexity index is 500. The fourth-order valence-electron chi connectivity index (χ4n) is 1.55. The molecule has 0 aliphatic carbocycles. The standard InChI is InChI=1S/C12H14ClN3O2/c1-9-10(13)8-16(15-9)6-3-5-14-12(17)11-4-2-7-18-11/h2,4,7-8H,3,5-6H2,1H3,(H,14,17). The van der Waals surface area contributed by atoms with Crippen LogP contribution in [0.2, 0.25) is 5.02 Å². The average Bonchev–Trinajstić information content (AvgIpc) is 2.96. The molecule has 2 heterocycles. The Morgan fingerprint density at radius 1 is 1.61 bits per heavy atom. The van der Waals surface area contributed by atoms with Crippen molar-refractivity contribution >= 4 is 17.5 Å². The Hall–Kier alpha value is -1.75. The van der Waals surface area contributed by atoms with Crippen LogP contribution in [0.1, 0.15) is 22.7 Å². The lowest BCUT2D eigenvalue weighted by molar-refractivity contribution is 0.0925. The molecule has 0 saturated heterocycles. The molecule has 0 saturated carbocycles. The highest BCUT2D eigenvalue weighted by Crippen LogP contribution is 2.11. The van der Waals surface area contributed by atoms with Gasteiger partial charge in [0.15, 0.2) is 5.76 Å². The van der Waals surface area contributed by atoms with Crippen LogP contribution in [0.25, 0.3) is 0 Å². The summed E-state index contributed by atoms with van der Waals surface area (Å²) in [4.78, 5) is 11.5. The second kappa shape index (κ2) is 5.73. The SMILES string of the molecule is Cc1nn(CCCNC(=O)c2ccco2)cc1Cl. The molecule has 18 heavy (non-hydrogen) atoms. The van der Waals surface area contributed by atoms with Crippen molar-refractivity contribution in [3.63, 3.8) is 0 Å². The van der Waals surface area contributed by atoms with Gasteiger partial charge in [0.2, 0.25) is 0 Å². The van der Waals surface area contributed by atoms with Gasteiger partial charge in [-0.3, -0.25) is 9.48 Å². The fraction of sp³-hybridized carbons (Fsp3) is 0.333. The maximum Gasteiger partial charge on any atom is 0.286 e. The highest BCUT2D eigenvalue weighted by Gasteiger charge is 2.07. The lowest BCUT2D eigenvalue weighted by Gasteiger charge is -2.03. The van der Waals surface area contributed by atoms with E-state index in [1.54, 1.807) is 23.0 Å². The number of carbonyl (C=O) groups is 1. The number of furan rings is 1. The summed E-state index contributed by atoms with van der Waals surface area (Å²) in [6.07, 6.45) is 4.04. The Morgan fingerprint density at radius 3 is 3.06 bits per heavy atom. The molecule has 0 fully saturated rings. The van der Waals surface area contributed by atoms with Crippen LogP contribution in [0.5, 0.6) is 0 Å². The smallest absolute Gasteiger partial charge is 0.286 e. The summed E-state index contributed by atoms with van der Waals surface area (Å²) in [6.45, 7) is 3.14. The first-order chi connectivity index (χ1) is 8.66. The van der Waals surface area contributed by atoms with Crippen molar-refractivity contribution in [2.75, 3.05) is 6.54 Å². The molecule has 0 aromatic carbocycles. The zero-order valence-electron chi connectivity index (χ0n) is 10.0. The van der Waals surface area contributed by atoms with Crippen LogP contribution in [-0.4, -0.2) is 22.2 Å². The van der Waals surface area contributed by atoms with Crippen LogP contribution >= 0.6 is 11.6 Å². The van der Waals surface area contributed by atoms with Crippen molar-refractivity contribution in [1.82, 2.24) is 15.1 Å². The molecule has 0 aliphatic heterocycles. The number of aromatic nitrogens is 2. The minimum Gasteiger partial charge on any atom is -0.459 e. The summed E-state index contributed by atoms with van der Waals surface area (Å²) in [7, 11) is 0. The number of halogens is 1. The number of hydrogen-bond acceptors (Lipinski definition) is 3. The number of nitrogens with zero attached hydrogens (tertiary/aromatic N) is 2. The molecule has 0 atom stereocenters. The van der Waals surface area contributed by atoms with Gasteiger partial charge in [-0.25, -0.2) is 0 Å². The van der Waals surface area contributed by atoms with Crippen LogP contribution in [0.15, 0.2) is 29.0 Å². The number of carbonyl (C=O) groups excluding carboxylic acids is 1. The second-order valence-corrected chi connectivity index (χ2v) is 4.32. The molecular weight excluding hydrogens is 254 g/mol. The Balaban J connectivity index is 1.72. The zero-order chi connectivity index (χ0) is 13.0. The van der Waals surface area contributed by atoms with Gasteiger partial charge in [0, 0.05) is 19.3 Å². The summed E-state index contributed by atoms with van der Waals surface area (Å²) in [5.74, 6) is 0.127. The average molecular weight is 268 g/mol. The Labute approximate surface area is 110 Å². The van der Waals surface area contributed by atoms with Crippen molar-refractivity contribution in [3.8, 4) is 0 Å². The number of rotatable bonds is 5. The van der Waals surface area contributed by atoms with E-state index in [1.165, 1.54) is 6.26 Å². The summed E-state index contributed by atoms with van der Waals surface area (Å²) in [5, 5.41) is 7.66. The molecule has 0 unspecified atom stereocenters. The lowest BCUT2D eigenvalue weighted by atomic mass is 10.4. The number of aryl methyl sites for hydroxylation is 2. The highest BCUT2D eigenvalue weighted by atomic mass is 35.5. The van der Waals surface area contributed by atoms with Crippen molar-refractivity contribution < 1.29 is 9.21 Å². The van der Waals surface area contributed by atoms with E-state index in [0.29, 0.717) is 23.9 Å². The van der Waals surface area contributed by atoms with Crippen LogP contribution < -0.4 is 5.32 Å². The molecule has 6 heteroatoms. The van der Waals surface area contributed by atoms with Crippen molar-refractivity contribution in [2.24, 2.45) is 0 Å². The van der Waals surface area contributed by atoms with Crippen molar-refractivity contribution in [3.05, 3.63) is 41.1 Å². The molecule has 2 aromatic heterocycles. The van der Waals surface area contributed by atoms with Gasteiger partial charge in [0.05, 0.1) is 17.0 Å². The van der Waals surface area contributed by atoms with Crippen LogP contribution in [0.3, 0.4) is 0 Å². The zero-order valence-corrected chi connectivity index (χ0v) is 10.8. The fourth-order valence-corrected chi connectivity index (χ4v) is 1.70. The van der Waals surface area contributed by atoms with Crippen LogP contribution in [-0.2, 0) is 6.54 Å². The van der Waals surface area contributed by atoms with E-state index in [1.807, 2.05) is 6.92 Å². The third kappa shape index (κ3) is 3.13. The quantitative estimate of drug-likeness (QED) is 0.846. The second-order valence-electron chi connectivity index (χ2n) is 3.91. The summed E-state index contributed by atoms with van der Waals surface area (Å²) >= 11 is 5.89. The molecule has 1 amide bonds. The summed E-state index contributed by atoms with van der Waals surface area (Å²) in [5.41, 5.74) is 0.816. The molecule has 0 spiro atoms. The molecule has 96 valence electrons. The number of hydrogen-bond donors (Lipinski definition) is 1. The van der Waals surface area contributed by atoms with E-state index < -0.39 is 0 Å². The van der Waals surface area contributed by atoms with E-state index in [2.05, 4.69) is 10.4 Å². The van der Waals surface area contributed by atoms with Crippen LogP contribution in [0, 0.1) is 6.92 Å². The highest BCUT2D eigenvalue weighted by molar-refractivity contribution is 6.31. The first-order valence-corrected chi connectivity index (χ1v) is 6.06. The maximum atomic E-state index is 11.5. The van der Waals surface area contributed by atoms with E-state index in [4.69, 9.17) is 16.0 Å². The topological polar surface area (TPSA) is 60.1 Å². The minimum absolute atomic E-state index is 0.199. The molecule has 2 aromatic rings. The van der Waals surface area contributed by atoms with Crippen LogP contribution in [0.4, 0.5) is 0 Å².